The quantitative estimate of drug-likeness (QED) is 0.641. The Labute approximate surface area is 99.8 Å². The van der Waals surface area contributed by atoms with E-state index in [-0.39, 0.29) is 5.78 Å². The summed E-state index contributed by atoms with van der Waals surface area (Å²) in [4.78, 5) is 23.3. The van der Waals surface area contributed by atoms with Crippen molar-refractivity contribution >= 4 is 11.8 Å². The van der Waals surface area contributed by atoms with Gasteiger partial charge >= 0.3 is 5.97 Å². The Morgan fingerprint density at radius 1 is 1.00 bits per heavy atom. The lowest BCUT2D eigenvalue weighted by atomic mass is 9.78. The summed E-state index contributed by atoms with van der Waals surface area (Å²) in [6.45, 7) is 0. The maximum Gasteiger partial charge on any atom is 0.307 e. The van der Waals surface area contributed by atoms with Gasteiger partial charge in [0.2, 0.25) is 0 Å². The summed E-state index contributed by atoms with van der Waals surface area (Å²) in [5.41, 5.74) is 0.596. The van der Waals surface area contributed by atoms with Crippen LogP contribution in [0.2, 0.25) is 0 Å². The zero-order valence-electron chi connectivity index (χ0n) is 9.37. The molecule has 1 aliphatic carbocycles. The van der Waals surface area contributed by atoms with Crippen molar-refractivity contribution in [2.24, 2.45) is 11.8 Å². The fourth-order valence-corrected chi connectivity index (χ4v) is 2.19. The second kappa shape index (κ2) is 4.95. The normalized spacial score (nSPS) is 23.3. The number of hydrogen-bond donors (Lipinski definition) is 1. The molecule has 0 amide bonds. The summed E-state index contributed by atoms with van der Waals surface area (Å²) >= 11 is 0. The number of allylic oxidation sites excluding steroid dienone is 2. The van der Waals surface area contributed by atoms with E-state index in [1.165, 1.54) is 0 Å². The van der Waals surface area contributed by atoms with Gasteiger partial charge in [0.05, 0.1) is 5.92 Å². The molecule has 0 unspecified atom stereocenters. The number of rotatable bonds is 3. The Balaban J connectivity index is 2.24. The Morgan fingerprint density at radius 2 is 1.59 bits per heavy atom. The first-order valence-corrected chi connectivity index (χ1v) is 5.67. The number of aliphatic carboxylic acids is 1. The summed E-state index contributed by atoms with van der Waals surface area (Å²) in [7, 11) is 0. The van der Waals surface area contributed by atoms with Gasteiger partial charge in [-0.3, -0.25) is 9.59 Å². The minimum atomic E-state index is -0.886. The minimum absolute atomic E-state index is 0.0673. The van der Waals surface area contributed by atoms with E-state index in [2.05, 4.69) is 0 Å². The van der Waals surface area contributed by atoms with Gasteiger partial charge in [0.25, 0.3) is 0 Å². The lowest BCUT2D eigenvalue weighted by Gasteiger charge is -2.23. The van der Waals surface area contributed by atoms with Gasteiger partial charge in [-0.15, -0.1) is 0 Å². The maximum atomic E-state index is 12.2. The van der Waals surface area contributed by atoms with Crippen LogP contribution in [0.5, 0.6) is 0 Å². The molecule has 0 aromatic heterocycles. The smallest absolute Gasteiger partial charge is 0.307 e. The topological polar surface area (TPSA) is 54.4 Å². The van der Waals surface area contributed by atoms with Crippen LogP contribution in [0.3, 0.4) is 0 Å². The second-order valence-electron chi connectivity index (χ2n) is 4.22. The highest BCUT2D eigenvalue weighted by molar-refractivity contribution is 6.00. The third-order valence-corrected chi connectivity index (χ3v) is 3.14. The van der Waals surface area contributed by atoms with Crippen molar-refractivity contribution in [1.29, 1.82) is 0 Å². The number of carboxylic acid groups (broad SMARTS) is 1. The van der Waals surface area contributed by atoms with Gasteiger partial charge in [-0.2, -0.15) is 0 Å². The largest absolute Gasteiger partial charge is 0.481 e. The number of carbonyl (C=O) groups is 2. The van der Waals surface area contributed by atoms with E-state index in [4.69, 9.17) is 5.11 Å². The van der Waals surface area contributed by atoms with E-state index in [9.17, 15) is 9.59 Å². The first-order valence-electron chi connectivity index (χ1n) is 5.67. The van der Waals surface area contributed by atoms with Crippen molar-refractivity contribution in [3.63, 3.8) is 0 Å². The Morgan fingerprint density at radius 3 is 2.18 bits per heavy atom. The highest BCUT2D eigenvalue weighted by atomic mass is 16.4. The van der Waals surface area contributed by atoms with E-state index in [1.54, 1.807) is 24.3 Å². The molecule has 0 saturated heterocycles. The average Bonchev–Trinajstić information content (AvgIpc) is 2.39. The Bertz CT molecular complexity index is 448. The molecular weight excluding hydrogens is 216 g/mol. The number of benzene rings is 1. The summed E-state index contributed by atoms with van der Waals surface area (Å²) in [6.07, 6.45) is 4.70. The zero-order valence-corrected chi connectivity index (χ0v) is 9.37. The molecule has 0 heterocycles. The standard InChI is InChI=1S/C14H14O3/c15-13(10-6-2-1-3-7-10)11-8-4-5-9-12(11)14(16)17/h1-7,11-12H,8-9H2,(H,16,17)/t11-,12-/m1/s1. The van der Waals surface area contributed by atoms with Crippen molar-refractivity contribution in [2.75, 3.05) is 0 Å². The van der Waals surface area contributed by atoms with Crippen molar-refractivity contribution in [1.82, 2.24) is 0 Å². The van der Waals surface area contributed by atoms with Gasteiger partial charge in [0.1, 0.15) is 0 Å². The maximum absolute atomic E-state index is 12.2. The monoisotopic (exact) mass is 230 g/mol. The number of ketones is 1. The summed E-state index contributed by atoms with van der Waals surface area (Å²) in [5.74, 6) is -1.97. The van der Waals surface area contributed by atoms with Crippen LogP contribution in [0.25, 0.3) is 0 Å². The fraction of sp³-hybridized carbons (Fsp3) is 0.286. The molecule has 1 aliphatic rings. The molecule has 17 heavy (non-hydrogen) atoms. The molecule has 3 nitrogen and oxygen atoms in total. The SMILES string of the molecule is O=C(O)[C@@H]1CC=CC[C@H]1C(=O)c1ccccc1. The summed E-state index contributed by atoms with van der Waals surface area (Å²) in [5, 5.41) is 9.12. The van der Waals surface area contributed by atoms with Gasteiger partial charge in [-0.25, -0.2) is 0 Å². The predicted octanol–water partition coefficient (Wildman–Crippen LogP) is 2.54. The first kappa shape index (κ1) is 11.6. The molecule has 0 fully saturated rings. The third kappa shape index (κ3) is 2.44. The number of hydrogen-bond acceptors (Lipinski definition) is 2. The van der Waals surface area contributed by atoms with Crippen LogP contribution >= 0.6 is 0 Å². The minimum Gasteiger partial charge on any atom is -0.481 e. The molecule has 0 saturated carbocycles. The molecule has 1 aromatic rings. The van der Waals surface area contributed by atoms with Crippen LogP contribution in [-0.4, -0.2) is 16.9 Å². The van der Waals surface area contributed by atoms with Gasteiger partial charge in [-0.1, -0.05) is 42.5 Å². The van der Waals surface area contributed by atoms with Gasteiger partial charge in [-0.05, 0) is 12.8 Å². The highest BCUT2D eigenvalue weighted by Crippen LogP contribution is 2.28. The van der Waals surface area contributed by atoms with Crippen molar-refractivity contribution < 1.29 is 14.7 Å². The van der Waals surface area contributed by atoms with Gasteiger partial charge in [0.15, 0.2) is 5.78 Å². The molecule has 2 rings (SSSR count). The van der Waals surface area contributed by atoms with Crippen molar-refractivity contribution in [3.05, 3.63) is 48.0 Å². The lowest BCUT2D eigenvalue weighted by molar-refractivity contribution is -0.143. The van der Waals surface area contributed by atoms with Gasteiger partial charge < -0.3 is 5.11 Å². The van der Waals surface area contributed by atoms with E-state index in [1.807, 2.05) is 18.2 Å². The summed E-state index contributed by atoms with van der Waals surface area (Å²) in [6, 6.07) is 8.90. The van der Waals surface area contributed by atoms with Crippen LogP contribution in [-0.2, 0) is 4.79 Å². The van der Waals surface area contributed by atoms with E-state index in [0.29, 0.717) is 18.4 Å². The Kier molecular flexibility index (Phi) is 3.38. The van der Waals surface area contributed by atoms with E-state index < -0.39 is 17.8 Å². The number of carboxylic acids is 1. The molecule has 88 valence electrons. The van der Waals surface area contributed by atoms with Crippen molar-refractivity contribution in [2.45, 2.75) is 12.8 Å². The molecule has 0 aliphatic heterocycles. The third-order valence-electron chi connectivity index (χ3n) is 3.14. The van der Waals surface area contributed by atoms with Gasteiger partial charge in [0, 0.05) is 11.5 Å². The number of Topliss-reactive ketones (excluding diaryl/α,β-unsaturated/α-hetero) is 1. The molecule has 0 bridgehead atoms. The first-order chi connectivity index (χ1) is 8.20. The van der Waals surface area contributed by atoms with Crippen LogP contribution in [0, 0.1) is 11.8 Å². The van der Waals surface area contributed by atoms with E-state index in [0.717, 1.165) is 0 Å². The highest BCUT2D eigenvalue weighted by Gasteiger charge is 2.34. The molecular formula is C14H14O3. The zero-order chi connectivity index (χ0) is 12.3. The molecule has 2 atom stereocenters. The van der Waals surface area contributed by atoms with Crippen molar-refractivity contribution in [3.8, 4) is 0 Å². The summed E-state index contributed by atoms with van der Waals surface area (Å²) < 4.78 is 0. The Hall–Kier alpha value is -1.90. The molecule has 1 aromatic carbocycles. The predicted molar refractivity (Wildman–Crippen MR) is 63.8 cm³/mol. The van der Waals surface area contributed by atoms with Crippen LogP contribution in [0.15, 0.2) is 42.5 Å². The van der Waals surface area contributed by atoms with Crippen LogP contribution < -0.4 is 0 Å². The van der Waals surface area contributed by atoms with Crippen LogP contribution in [0.1, 0.15) is 23.2 Å². The molecule has 1 N–H and O–H groups in total. The molecule has 0 radical (unpaired) electrons. The second-order valence-corrected chi connectivity index (χ2v) is 4.22. The fourth-order valence-electron chi connectivity index (χ4n) is 2.19. The van der Waals surface area contributed by atoms with E-state index >= 15 is 0 Å². The average molecular weight is 230 g/mol. The number of carbonyl (C=O) groups excluding carboxylic acids is 1. The molecule has 3 heteroatoms. The lowest BCUT2D eigenvalue weighted by Crippen LogP contribution is -2.31. The van der Waals surface area contributed by atoms with Crippen LogP contribution in [0.4, 0.5) is 0 Å². The molecule has 0 spiro atoms.